The molecule has 1 amide bonds. The molecule has 8 nitrogen and oxygen atoms in total. The number of aryl methyl sites for hydroxylation is 1. The van der Waals surface area contributed by atoms with Gasteiger partial charge in [0.1, 0.15) is 11.6 Å². The van der Waals surface area contributed by atoms with Crippen LogP contribution in [0, 0.1) is 12.7 Å². The van der Waals surface area contributed by atoms with E-state index in [1.807, 2.05) is 17.4 Å². The minimum absolute atomic E-state index is 0.175. The molecule has 0 bridgehead atoms. The molecular formula is C25H24FN5O3. The van der Waals surface area contributed by atoms with Gasteiger partial charge >= 0.3 is 0 Å². The lowest BCUT2D eigenvalue weighted by atomic mass is 9.81. The van der Waals surface area contributed by atoms with Crippen LogP contribution in [0.3, 0.4) is 0 Å². The van der Waals surface area contributed by atoms with E-state index in [1.54, 1.807) is 17.0 Å². The van der Waals surface area contributed by atoms with Crippen LogP contribution in [0.2, 0.25) is 0 Å². The molecule has 1 N–H and O–H groups in total. The summed E-state index contributed by atoms with van der Waals surface area (Å²) in [5.74, 6) is 0.251. The first kappa shape index (κ1) is 21.0. The number of H-pyrrole nitrogens is 1. The highest BCUT2D eigenvalue weighted by molar-refractivity contribution is 6.09. The number of carbonyl (C=O) groups excluding carboxylic acids is 1. The number of fused-ring (bicyclic) bond motifs is 4. The minimum atomic E-state index is -0.355. The second-order valence-corrected chi connectivity index (χ2v) is 9.47. The van der Waals surface area contributed by atoms with Crippen LogP contribution in [0.4, 0.5) is 10.1 Å². The van der Waals surface area contributed by atoms with E-state index in [-0.39, 0.29) is 28.3 Å². The van der Waals surface area contributed by atoms with E-state index < -0.39 is 0 Å². The van der Waals surface area contributed by atoms with Gasteiger partial charge in [-0.15, -0.1) is 10.2 Å². The maximum Gasteiger partial charge on any atom is 0.294 e. The van der Waals surface area contributed by atoms with Gasteiger partial charge in [-0.3, -0.25) is 14.0 Å². The van der Waals surface area contributed by atoms with Gasteiger partial charge in [-0.1, -0.05) is 6.92 Å². The molecule has 9 heteroatoms. The molecule has 0 unspecified atom stereocenters. The SMILES string of the molecule is Cc1cc2c(cc1C(=O)N1CCc3cc(F)ccc31)[nH]c(=O)c1nnc(C3(C)CCOCC3)n12. The maximum absolute atomic E-state index is 13.6. The molecule has 6 rings (SSSR count). The Morgan fingerprint density at radius 2 is 1.97 bits per heavy atom. The van der Waals surface area contributed by atoms with Crippen molar-refractivity contribution < 1.29 is 13.9 Å². The summed E-state index contributed by atoms with van der Waals surface area (Å²) in [6.07, 6.45) is 2.18. The predicted octanol–water partition coefficient (Wildman–Crippen LogP) is 3.29. The zero-order valence-electron chi connectivity index (χ0n) is 19.0. The molecule has 4 heterocycles. The first-order valence-corrected chi connectivity index (χ1v) is 11.5. The quantitative estimate of drug-likeness (QED) is 0.495. The number of nitrogens with one attached hydrogen (secondary N) is 1. The van der Waals surface area contributed by atoms with E-state index in [4.69, 9.17) is 4.74 Å². The maximum atomic E-state index is 13.6. The van der Waals surface area contributed by atoms with Gasteiger partial charge in [-0.2, -0.15) is 0 Å². The highest BCUT2D eigenvalue weighted by Crippen LogP contribution is 2.35. The average molecular weight is 461 g/mol. The van der Waals surface area contributed by atoms with Crippen LogP contribution >= 0.6 is 0 Å². The molecule has 2 aliphatic heterocycles. The Balaban J connectivity index is 1.50. The van der Waals surface area contributed by atoms with Crippen molar-refractivity contribution in [2.45, 2.75) is 38.5 Å². The fourth-order valence-corrected chi connectivity index (χ4v) is 5.21. The summed E-state index contributed by atoms with van der Waals surface area (Å²) in [6, 6.07) is 8.13. The van der Waals surface area contributed by atoms with Crippen LogP contribution < -0.4 is 10.5 Å². The predicted molar refractivity (Wildman–Crippen MR) is 125 cm³/mol. The highest BCUT2D eigenvalue weighted by atomic mass is 19.1. The van der Waals surface area contributed by atoms with E-state index in [0.29, 0.717) is 37.3 Å². The number of nitrogens with zero attached hydrogens (tertiary/aromatic N) is 4. The number of rotatable bonds is 2. The van der Waals surface area contributed by atoms with Gasteiger partial charge in [0.05, 0.1) is 11.0 Å². The van der Waals surface area contributed by atoms with E-state index in [2.05, 4.69) is 22.1 Å². The molecular weight excluding hydrogens is 437 g/mol. The molecule has 2 aromatic heterocycles. The number of halogens is 1. The molecule has 0 spiro atoms. The lowest BCUT2D eigenvalue weighted by molar-refractivity contribution is 0.0533. The summed E-state index contributed by atoms with van der Waals surface area (Å²) < 4.78 is 21.0. The number of hydrogen-bond acceptors (Lipinski definition) is 5. The Morgan fingerprint density at radius 3 is 2.76 bits per heavy atom. The van der Waals surface area contributed by atoms with E-state index in [1.165, 1.54) is 12.1 Å². The third-order valence-corrected chi connectivity index (χ3v) is 7.25. The summed E-state index contributed by atoms with van der Waals surface area (Å²) in [4.78, 5) is 30.9. The number of aromatic nitrogens is 4. The van der Waals surface area contributed by atoms with Crippen molar-refractivity contribution in [2.75, 3.05) is 24.7 Å². The summed E-state index contributed by atoms with van der Waals surface area (Å²) >= 11 is 0. The zero-order valence-corrected chi connectivity index (χ0v) is 19.0. The van der Waals surface area contributed by atoms with Gasteiger partial charge in [0.15, 0.2) is 0 Å². The van der Waals surface area contributed by atoms with Gasteiger partial charge < -0.3 is 14.6 Å². The molecule has 174 valence electrons. The summed E-state index contributed by atoms with van der Waals surface area (Å²) in [6.45, 7) is 5.75. The van der Waals surface area contributed by atoms with E-state index >= 15 is 0 Å². The molecule has 4 aromatic rings. The number of aromatic amines is 1. The van der Waals surface area contributed by atoms with Crippen molar-refractivity contribution in [1.29, 1.82) is 0 Å². The van der Waals surface area contributed by atoms with Crippen molar-refractivity contribution in [2.24, 2.45) is 0 Å². The third kappa shape index (κ3) is 3.07. The fourth-order valence-electron chi connectivity index (χ4n) is 5.21. The molecule has 1 fully saturated rings. The smallest absolute Gasteiger partial charge is 0.294 e. The highest BCUT2D eigenvalue weighted by Gasteiger charge is 2.35. The number of amides is 1. The van der Waals surface area contributed by atoms with Crippen LogP contribution in [-0.4, -0.2) is 45.2 Å². The molecule has 1 saturated heterocycles. The summed E-state index contributed by atoms with van der Waals surface area (Å²) in [7, 11) is 0. The Morgan fingerprint density at radius 1 is 1.18 bits per heavy atom. The number of hydrogen-bond donors (Lipinski definition) is 1. The second kappa shape index (κ2) is 7.46. The summed E-state index contributed by atoms with van der Waals surface area (Å²) in [5.41, 5.74) is 3.72. The molecule has 34 heavy (non-hydrogen) atoms. The topological polar surface area (TPSA) is 92.6 Å². The first-order chi connectivity index (χ1) is 16.4. The largest absolute Gasteiger partial charge is 0.381 e. The monoisotopic (exact) mass is 461 g/mol. The number of carbonyl (C=O) groups is 1. The van der Waals surface area contributed by atoms with Gasteiger partial charge in [-0.25, -0.2) is 4.39 Å². The van der Waals surface area contributed by atoms with E-state index in [9.17, 15) is 14.0 Å². The molecule has 0 aliphatic carbocycles. The van der Waals surface area contributed by atoms with Crippen LogP contribution in [0.1, 0.15) is 47.1 Å². The zero-order chi connectivity index (χ0) is 23.6. The van der Waals surface area contributed by atoms with Gasteiger partial charge in [-0.05, 0) is 67.6 Å². The molecule has 0 radical (unpaired) electrons. The van der Waals surface area contributed by atoms with Crippen LogP contribution in [0.25, 0.3) is 16.7 Å². The summed E-state index contributed by atoms with van der Waals surface area (Å²) in [5, 5.41) is 8.61. The lowest BCUT2D eigenvalue weighted by Gasteiger charge is -2.31. The molecule has 0 atom stereocenters. The van der Waals surface area contributed by atoms with Crippen LogP contribution in [0.15, 0.2) is 35.1 Å². The van der Waals surface area contributed by atoms with Gasteiger partial charge in [0.25, 0.3) is 11.5 Å². The molecule has 2 aromatic carbocycles. The van der Waals surface area contributed by atoms with Crippen molar-refractivity contribution in [3.63, 3.8) is 0 Å². The molecule has 0 saturated carbocycles. The first-order valence-electron chi connectivity index (χ1n) is 11.5. The van der Waals surface area contributed by atoms with Crippen LogP contribution in [-0.2, 0) is 16.6 Å². The van der Waals surface area contributed by atoms with Crippen molar-refractivity contribution in [1.82, 2.24) is 19.6 Å². The lowest BCUT2D eigenvalue weighted by Crippen LogP contribution is -2.33. The van der Waals surface area contributed by atoms with Crippen LogP contribution in [0.5, 0.6) is 0 Å². The Bertz CT molecular complexity index is 1530. The number of ether oxygens (including phenoxy) is 1. The average Bonchev–Trinajstić information content (AvgIpc) is 3.45. The number of benzene rings is 2. The van der Waals surface area contributed by atoms with Crippen molar-refractivity contribution in [3.8, 4) is 0 Å². The standard InChI is InChI=1S/C25H24FN5O3/c1-14-11-20-18(13-17(14)23(33)30-8-5-15-12-16(26)3-4-19(15)30)27-22(32)21-28-29-24(31(20)21)25(2)6-9-34-10-7-25/h3-4,11-13H,5-10H2,1-2H3,(H,27,32). The Kier molecular flexibility index (Phi) is 4.60. The number of anilines is 1. The fraction of sp³-hybridized carbons (Fsp3) is 0.360. The minimum Gasteiger partial charge on any atom is -0.381 e. The van der Waals surface area contributed by atoms with E-state index in [0.717, 1.165) is 41.0 Å². The second-order valence-electron chi connectivity index (χ2n) is 9.47. The van der Waals surface area contributed by atoms with Gasteiger partial charge in [0, 0.05) is 36.4 Å². The molecule has 2 aliphatic rings. The Labute approximate surface area is 194 Å². The van der Waals surface area contributed by atoms with Gasteiger partial charge in [0.2, 0.25) is 5.65 Å². The van der Waals surface area contributed by atoms with Crippen molar-refractivity contribution in [3.05, 3.63) is 69.0 Å². The van der Waals surface area contributed by atoms with Crippen molar-refractivity contribution >= 4 is 28.3 Å². The normalized spacial score (nSPS) is 17.4. The Hall–Kier alpha value is -3.59. The third-order valence-electron chi connectivity index (χ3n) is 7.25.